The van der Waals surface area contributed by atoms with Gasteiger partial charge in [-0.1, -0.05) is 6.07 Å². The van der Waals surface area contributed by atoms with Crippen molar-refractivity contribution >= 4 is 11.8 Å². The van der Waals surface area contributed by atoms with Crippen LogP contribution in [0.4, 0.5) is 10.5 Å². The molecule has 5 nitrogen and oxygen atoms in total. The fourth-order valence-corrected chi connectivity index (χ4v) is 2.21. The Kier molecular flexibility index (Phi) is 4.42. The third-order valence-electron chi connectivity index (χ3n) is 3.14. The summed E-state index contributed by atoms with van der Waals surface area (Å²) in [6, 6.07) is 5.90. The molecule has 1 saturated heterocycles. The summed E-state index contributed by atoms with van der Waals surface area (Å²) in [6.45, 7) is 9.26. The number of ether oxygens (including phenoxy) is 2. The number of likely N-dealkylation sites (tertiary alicyclic amines) is 1. The van der Waals surface area contributed by atoms with Crippen molar-refractivity contribution in [3.63, 3.8) is 0 Å². The molecule has 1 aliphatic rings. The number of aryl methyl sites for hydroxylation is 1. The van der Waals surface area contributed by atoms with Gasteiger partial charge in [0, 0.05) is 5.69 Å². The number of rotatable bonds is 3. The average Bonchev–Trinajstić information content (AvgIpc) is 2.22. The van der Waals surface area contributed by atoms with E-state index in [1.807, 2.05) is 39.8 Å². The van der Waals surface area contributed by atoms with Gasteiger partial charge in [-0.05, 0) is 51.0 Å². The van der Waals surface area contributed by atoms with Crippen LogP contribution in [-0.2, 0) is 16.1 Å². The topological polar surface area (TPSA) is 64.8 Å². The van der Waals surface area contributed by atoms with Gasteiger partial charge in [0.2, 0.25) is 0 Å². The third-order valence-corrected chi connectivity index (χ3v) is 3.14. The number of nitrogens with two attached hydrogens (primary N) is 1. The molecule has 116 valence electrons. The van der Waals surface area contributed by atoms with Crippen molar-refractivity contribution in [2.75, 3.05) is 18.8 Å². The molecule has 21 heavy (non-hydrogen) atoms. The smallest absolute Gasteiger partial charge is 0.410 e. The van der Waals surface area contributed by atoms with Crippen LogP contribution in [0.2, 0.25) is 0 Å². The van der Waals surface area contributed by atoms with Gasteiger partial charge >= 0.3 is 6.09 Å². The van der Waals surface area contributed by atoms with E-state index in [1.165, 1.54) is 0 Å². The van der Waals surface area contributed by atoms with E-state index in [2.05, 4.69) is 6.07 Å². The zero-order valence-corrected chi connectivity index (χ0v) is 13.2. The lowest BCUT2D eigenvalue weighted by Gasteiger charge is -2.39. The summed E-state index contributed by atoms with van der Waals surface area (Å²) < 4.78 is 11.1. The highest BCUT2D eigenvalue weighted by molar-refractivity contribution is 5.69. The molecule has 0 spiro atoms. The Hall–Kier alpha value is -1.75. The molecule has 2 rings (SSSR count). The predicted octanol–water partition coefficient (Wildman–Crippen LogP) is 2.71. The predicted molar refractivity (Wildman–Crippen MR) is 82.0 cm³/mol. The quantitative estimate of drug-likeness (QED) is 0.870. The van der Waals surface area contributed by atoms with Crippen LogP contribution in [0.1, 0.15) is 31.9 Å². The molecule has 5 heteroatoms. The SMILES string of the molecule is Cc1cc(N)cc(COC2CN(C(=O)OC(C)(C)C)C2)c1. The van der Waals surface area contributed by atoms with E-state index in [9.17, 15) is 4.79 Å². The Morgan fingerprint density at radius 3 is 2.57 bits per heavy atom. The van der Waals surface area contributed by atoms with Crippen LogP contribution in [0.3, 0.4) is 0 Å². The number of hydrogen-bond donors (Lipinski definition) is 1. The molecule has 1 aromatic carbocycles. The molecule has 2 N–H and O–H groups in total. The van der Waals surface area contributed by atoms with Gasteiger partial charge in [-0.15, -0.1) is 0 Å². The van der Waals surface area contributed by atoms with Gasteiger partial charge in [0.1, 0.15) is 5.60 Å². The maximum Gasteiger partial charge on any atom is 0.410 e. The Morgan fingerprint density at radius 1 is 1.33 bits per heavy atom. The van der Waals surface area contributed by atoms with E-state index < -0.39 is 5.60 Å². The van der Waals surface area contributed by atoms with Crippen LogP contribution in [-0.4, -0.2) is 35.8 Å². The minimum Gasteiger partial charge on any atom is -0.444 e. The number of hydrogen-bond acceptors (Lipinski definition) is 4. The first kappa shape index (κ1) is 15.6. The first-order valence-corrected chi connectivity index (χ1v) is 7.18. The summed E-state index contributed by atoms with van der Waals surface area (Å²) in [5.41, 5.74) is 8.28. The molecule has 1 amide bonds. The first-order valence-electron chi connectivity index (χ1n) is 7.18. The Bertz CT molecular complexity index is 496. The molecule has 0 aromatic heterocycles. The summed E-state index contributed by atoms with van der Waals surface area (Å²) in [7, 11) is 0. The van der Waals surface area contributed by atoms with Crippen molar-refractivity contribution in [1.82, 2.24) is 4.90 Å². The monoisotopic (exact) mass is 292 g/mol. The molecule has 0 unspecified atom stereocenters. The summed E-state index contributed by atoms with van der Waals surface area (Å²) in [6.07, 6.45) is -0.207. The largest absolute Gasteiger partial charge is 0.444 e. The van der Waals surface area contributed by atoms with E-state index in [-0.39, 0.29) is 12.2 Å². The summed E-state index contributed by atoms with van der Waals surface area (Å²) in [5, 5.41) is 0. The van der Waals surface area contributed by atoms with Gasteiger partial charge < -0.3 is 20.1 Å². The third kappa shape index (κ3) is 4.63. The van der Waals surface area contributed by atoms with Gasteiger partial charge in [-0.25, -0.2) is 4.79 Å². The minimum absolute atomic E-state index is 0.0688. The molecule has 1 aliphatic heterocycles. The number of anilines is 1. The van der Waals surface area contributed by atoms with Crippen LogP contribution in [0.5, 0.6) is 0 Å². The zero-order valence-electron chi connectivity index (χ0n) is 13.2. The molecule has 0 radical (unpaired) electrons. The molecule has 0 atom stereocenters. The van der Waals surface area contributed by atoms with Gasteiger partial charge in [0.15, 0.2) is 0 Å². The number of benzene rings is 1. The van der Waals surface area contributed by atoms with Crippen LogP contribution >= 0.6 is 0 Å². The summed E-state index contributed by atoms with van der Waals surface area (Å²) in [4.78, 5) is 13.4. The highest BCUT2D eigenvalue weighted by Gasteiger charge is 2.34. The standard InChI is InChI=1S/C16H24N2O3/c1-11-5-12(7-13(17)6-11)10-20-14-8-18(9-14)15(19)21-16(2,3)4/h5-7,14H,8-10,17H2,1-4H3. The lowest BCUT2D eigenvalue weighted by Crippen LogP contribution is -2.55. The highest BCUT2D eigenvalue weighted by Crippen LogP contribution is 2.19. The minimum atomic E-state index is -0.456. The fourth-order valence-electron chi connectivity index (χ4n) is 2.21. The number of carbonyl (C=O) groups excluding carboxylic acids is 1. The molecule has 0 bridgehead atoms. The summed E-state index contributed by atoms with van der Waals surface area (Å²) in [5.74, 6) is 0. The number of carbonyl (C=O) groups is 1. The lowest BCUT2D eigenvalue weighted by molar-refractivity contribution is -0.0691. The Balaban J connectivity index is 1.74. The van der Waals surface area contributed by atoms with Crippen molar-refractivity contribution in [2.45, 2.75) is 46.0 Å². The van der Waals surface area contributed by atoms with Gasteiger partial charge in [0.25, 0.3) is 0 Å². The number of amides is 1. The van der Waals surface area contributed by atoms with Crippen molar-refractivity contribution in [2.24, 2.45) is 0 Å². The van der Waals surface area contributed by atoms with E-state index >= 15 is 0 Å². The number of nitrogen functional groups attached to an aromatic ring is 1. The summed E-state index contributed by atoms with van der Waals surface area (Å²) >= 11 is 0. The second kappa shape index (κ2) is 5.93. The van der Waals surface area contributed by atoms with E-state index in [1.54, 1.807) is 4.90 Å². The van der Waals surface area contributed by atoms with Gasteiger partial charge in [-0.2, -0.15) is 0 Å². The molecule has 1 fully saturated rings. The van der Waals surface area contributed by atoms with Gasteiger partial charge in [-0.3, -0.25) is 0 Å². The molecule has 0 saturated carbocycles. The van der Waals surface area contributed by atoms with Crippen LogP contribution in [0, 0.1) is 6.92 Å². The van der Waals surface area contributed by atoms with E-state index in [4.69, 9.17) is 15.2 Å². The van der Waals surface area contributed by atoms with E-state index in [0.717, 1.165) is 16.8 Å². The van der Waals surface area contributed by atoms with Crippen molar-refractivity contribution in [1.29, 1.82) is 0 Å². The lowest BCUT2D eigenvalue weighted by atomic mass is 10.1. The zero-order chi connectivity index (χ0) is 15.6. The van der Waals surface area contributed by atoms with Crippen molar-refractivity contribution < 1.29 is 14.3 Å². The highest BCUT2D eigenvalue weighted by atomic mass is 16.6. The fraction of sp³-hybridized carbons (Fsp3) is 0.562. The van der Waals surface area contributed by atoms with Crippen molar-refractivity contribution in [3.8, 4) is 0 Å². The average molecular weight is 292 g/mol. The molecule has 1 aromatic rings. The maximum absolute atomic E-state index is 11.8. The second-order valence-corrected chi connectivity index (χ2v) is 6.57. The van der Waals surface area contributed by atoms with Crippen LogP contribution < -0.4 is 5.73 Å². The molecular weight excluding hydrogens is 268 g/mol. The van der Waals surface area contributed by atoms with E-state index in [0.29, 0.717) is 19.7 Å². The van der Waals surface area contributed by atoms with Crippen molar-refractivity contribution in [3.05, 3.63) is 29.3 Å². The second-order valence-electron chi connectivity index (χ2n) is 6.57. The maximum atomic E-state index is 11.8. The molecular formula is C16H24N2O3. The normalized spacial score (nSPS) is 15.7. The molecule has 0 aliphatic carbocycles. The molecule has 1 heterocycles. The number of nitrogens with zero attached hydrogens (tertiary/aromatic N) is 1. The Morgan fingerprint density at radius 2 is 2.00 bits per heavy atom. The van der Waals surface area contributed by atoms with Crippen LogP contribution in [0.25, 0.3) is 0 Å². The first-order chi connectivity index (χ1) is 9.73. The van der Waals surface area contributed by atoms with Crippen LogP contribution in [0.15, 0.2) is 18.2 Å². The van der Waals surface area contributed by atoms with Gasteiger partial charge in [0.05, 0.1) is 25.8 Å². The Labute approximate surface area is 126 Å².